The molecule has 2 heterocycles. The van der Waals surface area contributed by atoms with Gasteiger partial charge in [-0.25, -0.2) is 0 Å². The topological polar surface area (TPSA) is 39.1 Å². The van der Waals surface area contributed by atoms with E-state index in [1.165, 1.54) is 17.8 Å². The van der Waals surface area contributed by atoms with Gasteiger partial charge in [-0.05, 0) is 40.5 Å². The SMILES string of the molecule is Cc1nn(C(C)C)c(C)c1NC1CCCOC1. The molecule has 1 unspecified atom stereocenters. The summed E-state index contributed by atoms with van der Waals surface area (Å²) in [6.45, 7) is 10.2. The molecular formula is C13H23N3O. The van der Waals surface area contributed by atoms with Crippen molar-refractivity contribution in [1.29, 1.82) is 0 Å². The van der Waals surface area contributed by atoms with Crippen LogP contribution in [0.5, 0.6) is 0 Å². The Morgan fingerprint density at radius 1 is 1.41 bits per heavy atom. The molecule has 17 heavy (non-hydrogen) atoms. The van der Waals surface area contributed by atoms with Gasteiger partial charge in [0.2, 0.25) is 0 Å². The molecule has 1 aliphatic heterocycles. The van der Waals surface area contributed by atoms with Crippen molar-refractivity contribution >= 4 is 5.69 Å². The number of ether oxygens (including phenoxy) is 1. The van der Waals surface area contributed by atoms with E-state index in [1.54, 1.807) is 0 Å². The third-order valence-electron chi connectivity index (χ3n) is 3.32. The first-order valence-corrected chi connectivity index (χ1v) is 6.49. The molecule has 1 aromatic rings. The summed E-state index contributed by atoms with van der Waals surface area (Å²) in [5.41, 5.74) is 3.50. The van der Waals surface area contributed by atoms with Crippen LogP contribution in [0.2, 0.25) is 0 Å². The van der Waals surface area contributed by atoms with Crippen LogP contribution in [0.4, 0.5) is 5.69 Å². The van der Waals surface area contributed by atoms with Gasteiger partial charge < -0.3 is 10.1 Å². The Morgan fingerprint density at radius 2 is 2.18 bits per heavy atom. The maximum Gasteiger partial charge on any atom is 0.0828 e. The standard InChI is InChI=1S/C13H23N3O/c1-9(2)16-11(4)13(10(3)15-16)14-12-6-5-7-17-8-12/h9,12,14H,5-8H2,1-4H3. The lowest BCUT2D eigenvalue weighted by atomic mass is 10.1. The van der Waals surface area contributed by atoms with Gasteiger partial charge >= 0.3 is 0 Å². The largest absolute Gasteiger partial charge is 0.379 e. The van der Waals surface area contributed by atoms with Crippen molar-refractivity contribution in [2.45, 2.75) is 52.6 Å². The molecule has 1 aliphatic rings. The molecule has 0 spiro atoms. The van der Waals surface area contributed by atoms with Crippen LogP contribution in [0.1, 0.15) is 44.1 Å². The van der Waals surface area contributed by atoms with Crippen molar-refractivity contribution in [2.75, 3.05) is 18.5 Å². The minimum atomic E-state index is 0.409. The lowest BCUT2D eigenvalue weighted by Crippen LogP contribution is -2.30. The summed E-state index contributed by atoms with van der Waals surface area (Å²) in [4.78, 5) is 0. The average Bonchev–Trinajstić information content (AvgIpc) is 2.58. The highest BCUT2D eigenvalue weighted by molar-refractivity contribution is 5.53. The predicted octanol–water partition coefficient (Wildman–Crippen LogP) is 2.67. The van der Waals surface area contributed by atoms with Crippen LogP contribution in [0.15, 0.2) is 0 Å². The highest BCUT2D eigenvalue weighted by Crippen LogP contribution is 2.24. The molecule has 1 N–H and O–H groups in total. The molecule has 0 aromatic carbocycles. The molecule has 1 aromatic heterocycles. The fourth-order valence-electron chi connectivity index (χ4n) is 2.43. The quantitative estimate of drug-likeness (QED) is 0.878. The molecule has 0 amide bonds. The molecule has 0 radical (unpaired) electrons. The fraction of sp³-hybridized carbons (Fsp3) is 0.769. The molecule has 96 valence electrons. The van der Waals surface area contributed by atoms with Crippen LogP contribution in [0.3, 0.4) is 0 Å². The second kappa shape index (κ2) is 5.08. The van der Waals surface area contributed by atoms with E-state index in [1.807, 2.05) is 0 Å². The van der Waals surface area contributed by atoms with E-state index in [0.29, 0.717) is 12.1 Å². The van der Waals surface area contributed by atoms with Crippen molar-refractivity contribution in [2.24, 2.45) is 0 Å². The summed E-state index contributed by atoms with van der Waals surface area (Å²) >= 11 is 0. The number of hydrogen-bond acceptors (Lipinski definition) is 3. The van der Waals surface area contributed by atoms with Gasteiger partial charge in [-0.15, -0.1) is 0 Å². The molecule has 4 heteroatoms. The van der Waals surface area contributed by atoms with Crippen LogP contribution < -0.4 is 5.32 Å². The van der Waals surface area contributed by atoms with E-state index >= 15 is 0 Å². The monoisotopic (exact) mass is 237 g/mol. The summed E-state index contributed by atoms with van der Waals surface area (Å²) in [7, 11) is 0. The molecule has 1 fully saturated rings. The third kappa shape index (κ3) is 2.63. The maximum atomic E-state index is 5.50. The molecule has 0 saturated carbocycles. The van der Waals surface area contributed by atoms with Crippen molar-refractivity contribution in [3.8, 4) is 0 Å². The third-order valence-corrected chi connectivity index (χ3v) is 3.32. The van der Waals surface area contributed by atoms with Gasteiger partial charge in [0.05, 0.1) is 23.7 Å². The lowest BCUT2D eigenvalue weighted by Gasteiger charge is -2.24. The van der Waals surface area contributed by atoms with Crippen LogP contribution >= 0.6 is 0 Å². The molecule has 0 aliphatic carbocycles. The first-order valence-electron chi connectivity index (χ1n) is 6.49. The number of hydrogen-bond donors (Lipinski definition) is 1. The summed E-state index contributed by atoms with van der Waals surface area (Å²) in [5, 5.41) is 8.17. The van der Waals surface area contributed by atoms with Gasteiger partial charge in [-0.2, -0.15) is 5.10 Å². The van der Waals surface area contributed by atoms with Gasteiger partial charge in [0.1, 0.15) is 0 Å². The van der Waals surface area contributed by atoms with Crippen molar-refractivity contribution in [3.05, 3.63) is 11.4 Å². The van der Waals surface area contributed by atoms with Gasteiger partial charge in [0.15, 0.2) is 0 Å². The number of anilines is 1. The van der Waals surface area contributed by atoms with E-state index in [-0.39, 0.29) is 0 Å². The second-order valence-electron chi connectivity index (χ2n) is 5.14. The molecule has 2 rings (SSSR count). The second-order valence-corrected chi connectivity index (χ2v) is 5.14. The summed E-state index contributed by atoms with van der Waals surface area (Å²) in [5.74, 6) is 0. The molecule has 1 saturated heterocycles. The molecule has 1 atom stereocenters. The molecular weight excluding hydrogens is 214 g/mol. The van der Waals surface area contributed by atoms with Crippen molar-refractivity contribution in [3.63, 3.8) is 0 Å². The van der Waals surface area contributed by atoms with Crippen LogP contribution in [-0.2, 0) is 4.74 Å². The first kappa shape index (κ1) is 12.4. The van der Waals surface area contributed by atoms with Gasteiger partial charge in [-0.1, -0.05) is 0 Å². The number of aromatic nitrogens is 2. The van der Waals surface area contributed by atoms with Crippen LogP contribution in [0.25, 0.3) is 0 Å². The van der Waals surface area contributed by atoms with Crippen LogP contribution in [0, 0.1) is 13.8 Å². The number of aryl methyl sites for hydroxylation is 1. The Bertz CT molecular complexity index is 378. The molecule has 0 bridgehead atoms. The average molecular weight is 237 g/mol. The zero-order valence-electron chi connectivity index (χ0n) is 11.3. The summed E-state index contributed by atoms with van der Waals surface area (Å²) in [6.07, 6.45) is 2.33. The normalized spacial score (nSPS) is 20.9. The Labute approximate surface area is 103 Å². The Hall–Kier alpha value is -1.03. The van der Waals surface area contributed by atoms with E-state index in [0.717, 1.165) is 25.3 Å². The van der Waals surface area contributed by atoms with E-state index in [4.69, 9.17) is 4.74 Å². The first-order chi connectivity index (χ1) is 8.09. The van der Waals surface area contributed by atoms with Gasteiger partial charge in [0.25, 0.3) is 0 Å². The van der Waals surface area contributed by atoms with Crippen LogP contribution in [-0.4, -0.2) is 29.0 Å². The Morgan fingerprint density at radius 3 is 2.71 bits per heavy atom. The Kier molecular flexibility index (Phi) is 3.72. The number of nitrogens with zero attached hydrogens (tertiary/aromatic N) is 2. The summed E-state index contributed by atoms with van der Waals surface area (Å²) in [6, 6.07) is 0.845. The van der Waals surface area contributed by atoms with Crippen molar-refractivity contribution < 1.29 is 4.74 Å². The van der Waals surface area contributed by atoms with Crippen molar-refractivity contribution in [1.82, 2.24) is 9.78 Å². The van der Waals surface area contributed by atoms with E-state index < -0.39 is 0 Å². The lowest BCUT2D eigenvalue weighted by molar-refractivity contribution is 0.0876. The Balaban J connectivity index is 2.14. The minimum Gasteiger partial charge on any atom is -0.379 e. The maximum absolute atomic E-state index is 5.50. The highest BCUT2D eigenvalue weighted by Gasteiger charge is 2.19. The summed E-state index contributed by atoms with van der Waals surface area (Å²) < 4.78 is 7.58. The zero-order chi connectivity index (χ0) is 12.4. The highest BCUT2D eigenvalue weighted by atomic mass is 16.5. The van der Waals surface area contributed by atoms with Gasteiger partial charge in [0, 0.05) is 18.7 Å². The predicted molar refractivity (Wildman–Crippen MR) is 69.5 cm³/mol. The fourth-order valence-corrected chi connectivity index (χ4v) is 2.43. The zero-order valence-corrected chi connectivity index (χ0v) is 11.3. The minimum absolute atomic E-state index is 0.409. The number of nitrogens with one attached hydrogen (secondary N) is 1. The smallest absolute Gasteiger partial charge is 0.0828 e. The molecule has 4 nitrogen and oxygen atoms in total. The van der Waals surface area contributed by atoms with Gasteiger partial charge in [-0.3, -0.25) is 4.68 Å². The number of rotatable bonds is 3. The van der Waals surface area contributed by atoms with E-state index in [2.05, 4.69) is 42.8 Å². The van der Waals surface area contributed by atoms with E-state index in [9.17, 15) is 0 Å².